The van der Waals surface area contributed by atoms with Crippen molar-refractivity contribution in [1.82, 2.24) is 4.57 Å². The second-order valence-electron chi connectivity index (χ2n) is 10.0. The van der Waals surface area contributed by atoms with E-state index in [1.165, 1.54) is 12.1 Å². The molecule has 1 heterocycles. The van der Waals surface area contributed by atoms with Gasteiger partial charge in [0, 0.05) is 23.4 Å². The zero-order valence-corrected chi connectivity index (χ0v) is 24.9. The van der Waals surface area contributed by atoms with Gasteiger partial charge in [0.05, 0.1) is 26.9 Å². The molecule has 3 rings (SSSR count). The summed E-state index contributed by atoms with van der Waals surface area (Å²) in [6, 6.07) is 8.34. The van der Waals surface area contributed by atoms with E-state index in [1.54, 1.807) is 64.3 Å². The molecule has 1 unspecified atom stereocenters. The fraction of sp³-hybridized carbons (Fsp3) is 0.323. The van der Waals surface area contributed by atoms with Gasteiger partial charge in [-0.2, -0.15) is 0 Å². The molecule has 3 aromatic rings. The van der Waals surface area contributed by atoms with Crippen molar-refractivity contribution in [2.45, 2.75) is 66.7 Å². The quantitative estimate of drug-likeness (QED) is 0.221. The number of nitrogens with zero attached hydrogens (tertiary/aromatic N) is 1. The molecule has 0 bridgehead atoms. The minimum atomic E-state index is -0.923. The number of carbonyl (C=O) groups excluding carboxylic acids is 2. The van der Waals surface area contributed by atoms with Crippen LogP contribution < -0.4 is 5.43 Å². The van der Waals surface area contributed by atoms with Gasteiger partial charge in [-0.3, -0.25) is 4.79 Å². The van der Waals surface area contributed by atoms with Gasteiger partial charge in [0.25, 0.3) is 0 Å². The lowest BCUT2D eigenvalue weighted by molar-refractivity contribution is 0.00679. The summed E-state index contributed by atoms with van der Waals surface area (Å²) in [6.07, 6.45) is -0.686. The molecule has 1 aromatic heterocycles. The standard InChI is InChI=1S/C31H30Cl2FNO5/c1-8-10-17(3)39-29(37)20-12-14-24(34)21(15-20)25-18(4)35(9-2)27(19-11-13-22(32)23(33)16-19)26(28(25)36)30(38)40-31(5,6)7/h11-17H,9H2,1-7H3. The Morgan fingerprint density at radius 2 is 1.75 bits per heavy atom. The third-order valence-corrected chi connectivity index (χ3v) is 6.68. The number of carbonyl (C=O) groups is 2. The van der Waals surface area contributed by atoms with Crippen molar-refractivity contribution in [3.8, 4) is 34.2 Å². The van der Waals surface area contributed by atoms with Crippen LogP contribution in [0.25, 0.3) is 22.4 Å². The van der Waals surface area contributed by atoms with E-state index in [-0.39, 0.29) is 33.0 Å². The summed E-state index contributed by atoms with van der Waals surface area (Å²) >= 11 is 12.4. The van der Waals surface area contributed by atoms with Crippen LogP contribution in [-0.2, 0) is 16.0 Å². The Kier molecular flexibility index (Phi) is 9.50. The van der Waals surface area contributed by atoms with Gasteiger partial charge in [-0.25, -0.2) is 14.0 Å². The summed E-state index contributed by atoms with van der Waals surface area (Å²) < 4.78 is 28.0. The van der Waals surface area contributed by atoms with Crippen molar-refractivity contribution in [3.05, 3.63) is 79.3 Å². The van der Waals surface area contributed by atoms with Gasteiger partial charge >= 0.3 is 11.9 Å². The summed E-state index contributed by atoms with van der Waals surface area (Å²) in [5.74, 6) is 3.01. The van der Waals surface area contributed by atoms with Gasteiger partial charge in [0.2, 0.25) is 5.43 Å². The Bertz CT molecular complexity index is 1610. The van der Waals surface area contributed by atoms with E-state index >= 15 is 4.39 Å². The maximum atomic E-state index is 15.4. The number of esters is 2. The molecule has 40 heavy (non-hydrogen) atoms. The van der Waals surface area contributed by atoms with Crippen LogP contribution in [0.2, 0.25) is 10.0 Å². The highest BCUT2D eigenvalue weighted by atomic mass is 35.5. The van der Waals surface area contributed by atoms with Crippen molar-refractivity contribution in [2.24, 2.45) is 0 Å². The Morgan fingerprint density at radius 1 is 1.07 bits per heavy atom. The molecule has 0 aliphatic carbocycles. The van der Waals surface area contributed by atoms with Crippen LogP contribution in [0.5, 0.6) is 0 Å². The minimum absolute atomic E-state index is 0.0235. The fourth-order valence-electron chi connectivity index (χ4n) is 4.31. The first-order valence-corrected chi connectivity index (χ1v) is 13.3. The van der Waals surface area contributed by atoms with E-state index in [0.29, 0.717) is 22.8 Å². The molecule has 0 spiro atoms. The van der Waals surface area contributed by atoms with E-state index in [9.17, 15) is 14.4 Å². The lowest BCUT2D eigenvalue weighted by Gasteiger charge is -2.25. The number of hydrogen-bond donors (Lipinski definition) is 0. The predicted molar refractivity (Wildman–Crippen MR) is 155 cm³/mol. The molecule has 0 aliphatic rings. The summed E-state index contributed by atoms with van der Waals surface area (Å²) in [4.78, 5) is 40.5. The van der Waals surface area contributed by atoms with Crippen molar-refractivity contribution in [1.29, 1.82) is 0 Å². The van der Waals surface area contributed by atoms with Crippen LogP contribution in [-0.4, -0.2) is 28.2 Å². The smallest absolute Gasteiger partial charge is 0.344 e. The Hall–Kier alpha value is -3.60. The summed E-state index contributed by atoms with van der Waals surface area (Å²) in [5.41, 5.74) is -1.11. The van der Waals surface area contributed by atoms with Crippen molar-refractivity contribution >= 4 is 35.1 Å². The molecule has 9 heteroatoms. The molecule has 0 saturated heterocycles. The molecule has 6 nitrogen and oxygen atoms in total. The molecule has 0 radical (unpaired) electrons. The lowest BCUT2D eigenvalue weighted by Crippen LogP contribution is -2.31. The van der Waals surface area contributed by atoms with Crippen LogP contribution >= 0.6 is 23.2 Å². The average Bonchev–Trinajstić information content (AvgIpc) is 2.85. The molecule has 210 valence electrons. The number of rotatable bonds is 6. The number of pyridine rings is 1. The van der Waals surface area contributed by atoms with Crippen LogP contribution in [0.1, 0.15) is 68.0 Å². The van der Waals surface area contributed by atoms with E-state index in [4.69, 9.17) is 32.7 Å². The van der Waals surface area contributed by atoms with E-state index in [2.05, 4.69) is 11.8 Å². The van der Waals surface area contributed by atoms with Gasteiger partial charge in [-0.15, -0.1) is 5.92 Å². The van der Waals surface area contributed by atoms with Gasteiger partial charge in [-0.1, -0.05) is 35.2 Å². The molecular formula is C31H30Cl2FNO5. The first-order chi connectivity index (χ1) is 18.7. The molecule has 0 amide bonds. The largest absolute Gasteiger partial charge is 0.456 e. The number of aromatic nitrogens is 1. The van der Waals surface area contributed by atoms with Crippen LogP contribution in [0.4, 0.5) is 4.39 Å². The van der Waals surface area contributed by atoms with Gasteiger partial charge < -0.3 is 14.0 Å². The maximum absolute atomic E-state index is 15.4. The van der Waals surface area contributed by atoms with Crippen LogP contribution in [0.3, 0.4) is 0 Å². The molecule has 1 atom stereocenters. The summed E-state index contributed by atoms with van der Waals surface area (Å²) in [5, 5.41) is 0.526. The highest BCUT2D eigenvalue weighted by molar-refractivity contribution is 6.42. The van der Waals surface area contributed by atoms with E-state index < -0.39 is 34.9 Å². The third kappa shape index (κ3) is 6.57. The first-order valence-electron chi connectivity index (χ1n) is 12.6. The maximum Gasteiger partial charge on any atom is 0.344 e. The van der Waals surface area contributed by atoms with Crippen LogP contribution in [0.15, 0.2) is 41.2 Å². The fourth-order valence-corrected chi connectivity index (χ4v) is 4.61. The summed E-state index contributed by atoms with van der Waals surface area (Å²) in [6.45, 7) is 12.0. The molecule has 0 saturated carbocycles. The highest BCUT2D eigenvalue weighted by Gasteiger charge is 2.30. The number of ether oxygens (including phenoxy) is 2. The second kappa shape index (κ2) is 12.3. The van der Waals surface area contributed by atoms with Crippen molar-refractivity contribution in [3.63, 3.8) is 0 Å². The Balaban J connectivity index is 2.39. The van der Waals surface area contributed by atoms with E-state index in [0.717, 1.165) is 6.07 Å². The monoisotopic (exact) mass is 585 g/mol. The van der Waals surface area contributed by atoms with Gasteiger partial charge in [0.1, 0.15) is 17.0 Å². The zero-order valence-electron chi connectivity index (χ0n) is 23.4. The highest BCUT2D eigenvalue weighted by Crippen LogP contribution is 2.34. The van der Waals surface area contributed by atoms with Gasteiger partial charge in [0.15, 0.2) is 6.10 Å². The Morgan fingerprint density at radius 3 is 2.33 bits per heavy atom. The van der Waals surface area contributed by atoms with E-state index in [1.807, 2.05) is 6.92 Å². The lowest BCUT2D eigenvalue weighted by atomic mass is 9.94. The predicted octanol–water partition coefficient (Wildman–Crippen LogP) is 7.48. The normalized spacial score (nSPS) is 11.8. The molecule has 0 aliphatic heterocycles. The topological polar surface area (TPSA) is 74.6 Å². The molecule has 0 fully saturated rings. The molecular weight excluding hydrogens is 556 g/mol. The first kappa shape index (κ1) is 30.9. The SMILES string of the molecule is CC#CC(C)OC(=O)c1ccc(F)c(-c2c(C)n(CC)c(-c3ccc(Cl)c(Cl)c3)c(C(=O)OC(C)(C)C)c2=O)c1. The third-order valence-electron chi connectivity index (χ3n) is 5.94. The molecule has 2 aromatic carbocycles. The number of benzene rings is 2. The second-order valence-corrected chi connectivity index (χ2v) is 10.8. The van der Waals surface area contributed by atoms with Crippen LogP contribution in [0, 0.1) is 24.6 Å². The number of hydrogen-bond acceptors (Lipinski definition) is 5. The summed E-state index contributed by atoms with van der Waals surface area (Å²) in [7, 11) is 0. The van der Waals surface area contributed by atoms with Gasteiger partial charge in [-0.05, 0) is 78.8 Å². The minimum Gasteiger partial charge on any atom is -0.456 e. The zero-order chi connectivity index (χ0) is 29.9. The number of halogens is 3. The van der Waals surface area contributed by atoms with Crippen molar-refractivity contribution in [2.75, 3.05) is 0 Å². The Labute approximate surface area is 243 Å². The average molecular weight is 586 g/mol. The van der Waals surface area contributed by atoms with Crippen molar-refractivity contribution < 1.29 is 23.5 Å². The molecule has 0 N–H and O–H groups in total.